The maximum Gasteiger partial charge on any atom is 0.417 e. The lowest BCUT2D eigenvalue weighted by Crippen LogP contribution is -2.54. The number of nitriles is 1. The third-order valence-corrected chi connectivity index (χ3v) is 8.27. The van der Waals surface area contributed by atoms with Crippen LogP contribution in [0.3, 0.4) is 0 Å². The Balaban J connectivity index is 1.55. The van der Waals surface area contributed by atoms with E-state index in [2.05, 4.69) is 4.90 Å². The summed E-state index contributed by atoms with van der Waals surface area (Å²) in [6.45, 7) is 7.94. The number of halogens is 5. The van der Waals surface area contributed by atoms with Gasteiger partial charge < -0.3 is 15.4 Å². The van der Waals surface area contributed by atoms with E-state index in [9.17, 15) is 31.5 Å². The first-order valence-electron chi connectivity index (χ1n) is 14.1. The lowest BCUT2D eigenvalue weighted by atomic mass is 10.0. The number of thiocarbonyl (C=S) groups is 1. The highest BCUT2D eigenvalue weighted by Gasteiger charge is 2.51. The zero-order valence-corrected chi connectivity index (χ0v) is 25.7. The lowest BCUT2D eigenvalue weighted by Gasteiger charge is -2.39. The zero-order valence-electron chi connectivity index (χ0n) is 24.9. The van der Waals surface area contributed by atoms with Crippen molar-refractivity contribution in [3.8, 4) is 11.8 Å². The summed E-state index contributed by atoms with van der Waals surface area (Å²) in [5, 5.41) is 9.00. The van der Waals surface area contributed by atoms with E-state index in [0.29, 0.717) is 32.2 Å². The molecule has 2 aromatic carbocycles. The molecule has 2 heterocycles. The second-order valence-corrected chi connectivity index (χ2v) is 11.8. The minimum atomic E-state index is -4.85. The smallest absolute Gasteiger partial charge is 0.417 e. The van der Waals surface area contributed by atoms with Crippen molar-refractivity contribution in [3.63, 3.8) is 0 Å². The van der Waals surface area contributed by atoms with E-state index >= 15 is 0 Å². The zero-order chi connectivity index (χ0) is 33.3. The number of benzene rings is 2. The number of hydrogen-bond acceptors (Lipinski definition) is 7. The molecule has 0 aromatic heterocycles. The Bertz CT molecular complexity index is 1510. The fourth-order valence-electron chi connectivity index (χ4n) is 5.62. The van der Waals surface area contributed by atoms with Gasteiger partial charge in [0.25, 0.3) is 5.91 Å². The van der Waals surface area contributed by atoms with Gasteiger partial charge in [-0.25, -0.2) is 8.78 Å². The summed E-state index contributed by atoms with van der Waals surface area (Å²) >= 11 is 5.57. The van der Waals surface area contributed by atoms with E-state index in [0.717, 1.165) is 11.0 Å². The predicted octanol–water partition coefficient (Wildman–Crippen LogP) is 4.17. The summed E-state index contributed by atoms with van der Waals surface area (Å²) in [7, 11) is 0. The molecular formula is C30H33F5N6O3S. The van der Waals surface area contributed by atoms with Crippen LogP contribution < -0.4 is 20.3 Å². The van der Waals surface area contributed by atoms with Gasteiger partial charge in [0.1, 0.15) is 17.9 Å². The Morgan fingerprint density at radius 2 is 1.87 bits per heavy atom. The van der Waals surface area contributed by atoms with Crippen molar-refractivity contribution in [2.24, 2.45) is 5.73 Å². The van der Waals surface area contributed by atoms with Gasteiger partial charge in [0.05, 0.1) is 29.4 Å². The SMILES string of the molecule is C[C@@H]1CN(CCOc2ccc(N3C(=S)N(c4ccc(C#N)c(C(F)(F)F)c4)C(=O)C3(C)C)cc2CC(F)F)CCN1CC(N)=O. The van der Waals surface area contributed by atoms with E-state index in [4.69, 9.17) is 28.0 Å². The summed E-state index contributed by atoms with van der Waals surface area (Å²) < 4.78 is 74.2. The van der Waals surface area contributed by atoms with Crippen LogP contribution in [0.5, 0.6) is 5.75 Å². The number of anilines is 2. The molecular weight excluding hydrogens is 619 g/mol. The van der Waals surface area contributed by atoms with Crippen LogP contribution in [0.4, 0.5) is 33.3 Å². The fourth-order valence-corrected chi connectivity index (χ4v) is 6.15. The Kier molecular flexibility index (Phi) is 10.0. The Morgan fingerprint density at radius 1 is 1.18 bits per heavy atom. The number of nitrogens with zero attached hydrogens (tertiary/aromatic N) is 5. The maximum atomic E-state index is 13.7. The van der Waals surface area contributed by atoms with Crippen molar-refractivity contribution < 1.29 is 36.3 Å². The van der Waals surface area contributed by atoms with Crippen molar-refractivity contribution in [1.29, 1.82) is 5.26 Å². The van der Waals surface area contributed by atoms with Crippen LogP contribution in [0, 0.1) is 11.3 Å². The molecule has 2 amide bonds. The standard InChI is InChI=1S/C30H33F5N6O3S/c1-18-16-38(8-9-39(18)17-26(37)42)10-11-44-24-7-6-22(12-20(24)13-25(31)32)41-28(45)40(27(43)29(41,2)3)21-5-4-19(15-36)23(14-21)30(33,34)35/h4-7,12,14,18,25H,8-11,13,16-17H2,1-3H3,(H2,37,42)/t18-/m1/s1. The first-order chi connectivity index (χ1) is 21.0. The Hall–Kier alpha value is -3.87. The molecule has 242 valence electrons. The third kappa shape index (κ3) is 7.34. The van der Waals surface area contributed by atoms with Crippen molar-refractivity contribution in [2.45, 2.75) is 51.4 Å². The first kappa shape index (κ1) is 34.0. The lowest BCUT2D eigenvalue weighted by molar-refractivity contribution is -0.137. The van der Waals surface area contributed by atoms with Gasteiger partial charge in [-0.2, -0.15) is 18.4 Å². The molecule has 2 aliphatic rings. The number of hydrogen-bond donors (Lipinski definition) is 1. The van der Waals surface area contributed by atoms with Gasteiger partial charge in [-0.05, 0) is 69.4 Å². The molecule has 2 fully saturated rings. The number of carbonyl (C=O) groups is 2. The van der Waals surface area contributed by atoms with E-state index in [1.54, 1.807) is 6.07 Å². The molecule has 2 N–H and O–H groups in total. The fraction of sp³-hybridized carbons (Fsp3) is 0.467. The molecule has 45 heavy (non-hydrogen) atoms. The number of piperazine rings is 1. The largest absolute Gasteiger partial charge is 0.492 e. The van der Waals surface area contributed by atoms with Gasteiger partial charge in [0, 0.05) is 49.9 Å². The average molecular weight is 653 g/mol. The first-order valence-corrected chi connectivity index (χ1v) is 14.5. The predicted molar refractivity (Wildman–Crippen MR) is 161 cm³/mol. The van der Waals surface area contributed by atoms with E-state index in [1.165, 1.54) is 43.0 Å². The second-order valence-electron chi connectivity index (χ2n) is 11.5. The Morgan fingerprint density at radius 3 is 2.47 bits per heavy atom. The van der Waals surface area contributed by atoms with Crippen molar-refractivity contribution in [3.05, 3.63) is 53.1 Å². The summed E-state index contributed by atoms with van der Waals surface area (Å²) in [6, 6.07) is 8.97. The second kappa shape index (κ2) is 13.2. The molecule has 4 rings (SSSR count). The summed E-state index contributed by atoms with van der Waals surface area (Å²) in [5.74, 6) is -0.799. The normalized spacial score (nSPS) is 19.3. The third-order valence-electron chi connectivity index (χ3n) is 7.90. The van der Waals surface area contributed by atoms with Gasteiger partial charge in [-0.15, -0.1) is 0 Å². The molecule has 2 aliphatic heterocycles. The molecule has 9 nitrogen and oxygen atoms in total. The minimum absolute atomic E-state index is 0.0965. The summed E-state index contributed by atoms with van der Waals surface area (Å²) in [4.78, 5) is 31.3. The number of amides is 2. The molecule has 0 aliphatic carbocycles. The number of rotatable bonds is 10. The quantitative estimate of drug-likeness (QED) is 0.301. The number of carbonyl (C=O) groups excluding carboxylic acids is 2. The van der Waals surface area contributed by atoms with Crippen LogP contribution in [0.2, 0.25) is 0 Å². The van der Waals surface area contributed by atoms with E-state index in [1.807, 2.05) is 11.8 Å². The summed E-state index contributed by atoms with van der Waals surface area (Å²) in [6.07, 6.45) is -8.20. The van der Waals surface area contributed by atoms with Gasteiger partial charge in [-0.3, -0.25) is 24.3 Å². The minimum Gasteiger partial charge on any atom is -0.492 e. The van der Waals surface area contributed by atoms with Crippen LogP contribution in [-0.2, 0) is 22.2 Å². The average Bonchev–Trinajstić information content (AvgIpc) is 3.12. The monoisotopic (exact) mass is 652 g/mol. The van der Waals surface area contributed by atoms with Crippen LogP contribution in [0.1, 0.15) is 37.5 Å². The van der Waals surface area contributed by atoms with Crippen molar-refractivity contribution in [1.82, 2.24) is 9.80 Å². The number of primary amides is 1. The van der Waals surface area contributed by atoms with Crippen LogP contribution >= 0.6 is 12.2 Å². The van der Waals surface area contributed by atoms with Crippen LogP contribution in [0.15, 0.2) is 36.4 Å². The van der Waals surface area contributed by atoms with E-state index in [-0.39, 0.29) is 47.0 Å². The Labute approximate surface area is 262 Å². The number of ether oxygens (including phenoxy) is 1. The maximum absolute atomic E-state index is 13.7. The van der Waals surface area contributed by atoms with Crippen LogP contribution in [-0.4, -0.2) is 84.1 Å². The molecule has 0 radical (unpaired) electrons. The van der Waals surface area contributed by atoms with Gasteiger partial charge >= 0.3 is 6.18 Å². The molecule has 0 bridgehead atoms. The van der Waals surface area contributed by atoms with Crippen molar-refractivity contribution >= 4 is 40.5 Å². The van der Waals surface area contributed by atoms with Gasteiger partial charge in [0.2, 0.25) is 12.3 Å². The van der Waals surface area contributed by atoms with E-state index < -0.39 is 47.5 Å². The highest BCUT2D eigenvalue weighted by atomic mass is 32.1. The van der Waals surface area contributed by atoms with Crippen LogP contribution in [0.25, 0.3) is 0 Å². The molecule has 0 spiro atoms. The highest BCUT2D eigenvalue weighted by Crippen LogP contribution is 2.40. The topological polar surface area (TPSA) is 106 Å². The molecule has 2 aromatic rings. The molecule has 0 unspecified atom stereocenters. The van der Waals surface area contributed by atoms with Crippen molar-refractivity contribution in [2.75, 3.05) is 49.1 Å². The van der Waals surface area contributed by atoms with Gasteiger partial charge in [0.15, 0.2) is 5.11 Å². The highest BCUT2D eigenvalue weighted by molar-refractivity contribution is 7.81. The molecule has 15 heteroatoms. The molecule has 1 atom stereocenters. The molecule has 0 saturated carbocycles. The number of alkyl halides is 5. The number of nitrogens with two attached hydrogens (primary N) is 1. The van der Waals surface area contributed by atoms with Gasteiger partial charge in [-0.1, -0.05) is 0 Å². The summed E-state index contributed by atoms with van der Waals surface area (Å²) in [5.41, 5.74) is 2.39. The molecule has 2 saturated heterocycles.